The quantitative estimate of drug-likeness (QED) is 0.589. The van der Waals surface area contributed by atoms with Gasteiger partial charge in [-0.25, -0.2) is 13.2 Å². The van der Waals surface area contributed by atoms with Crippen LogP contribution in [0.15, 0.2) is 12.1 Å². The maximum atomic E-state index is 13.4. The van der Waals surface area contributed by atoms with E-state index in [1.165, 1.54) is 0 Å². The summed E-state index contributed by atoms with van der Waals surface area (Å²) in [6.07, 6.45) is -0.496. The molecule has 0 saturated carbocycles. The van der Waals surface area contributed by atoms with Crippen molar-refractivity contribution in [2.75, 3.05) is 6.61 Å². The Morgan fingerprint density at radius 2 is 1.88 bits per heavy atom. The molecule has 1 aromatic carbocycles. The minimum atomic E-state index is -1.64. The molecule has 0 fully saturated rings. The van der Waals surface area contributed by atoms with E-state index < -0.39 is 34.9 Å². The summed E-state index contributed by atoms with van der Waals surface area (Å²) in [6, 6.07) is 1.65. The first-order chi connectivity index (χ1) is 8.02. The maximum Gasteiger partial charge on any atom is 0.195 e. The number of Topliss-reactive ketones (excluding diaryl/α,β-unsaturated/α-hetero) is 1. The molecule has 0 saturated heterocycles. The maximum absolute atomic E-state index is 13.4. The highest BCUT2D eigenvalue weighted by Gasteiger charge is 2.24. The molecule has 2 nitrogen and oxygen atoms in total. The van der Waals surface area contributed by atoms with Gasteiger partial charge >= 0.3 is 0 Å². The van der Waals surface area contributed by atoms with E-state index in [1.54, 1.807) is 13.8 Å². The molecule has 0 aliphatic carbocycles. The van der Waals surface area contributed by atoms with Gasteiger partial charge in [-0.15, -0.1) is 0 Å². The van der Waals surface area contributed by atoms with Crippen molar-refractivity contribution >= 4 is 5.78 Å². The van der Waals surface area contributed by atoms with E-state index in [0.29, 0.717) is 6.42 Å². The third kappa shape index (κ3) is 2.85. The van der Waals surface area contributed by atoms with Gasteiger partial charge in [0.1, 0.15) is 6.10 Å². The second-order valence-electron chi connectivity index (χ2n) is 3.44. The van der Waals surface area contributed by atoms with Crippen LogP contribution in [0.1, 0.15) is 30.6 Å². The van der Waals surface area contributed by atoms with E-state index in [1.807, 2.05) is 0 Å². The van der Waals surface area contributed by atoms with Crippen LogP contribution >= 0.6 is 0 Å². The summed E-state index contributed by atoms with van der Waals surface area (Å²) in [6.45, 7) is 3.67. The molecular weight excluding hydrogens is 233 g/mol. The van der Waals surface area contributed by atoms with Gasteiger partial charge in [-0.1, -0.05) is 6.92 Å². The molecule has 0 bridgehead atoms. The predicted molar refractivity (Wildman–Crippen MR) is 56.4 cm³/mol. The number of carbonyl (C=O) groups excluding carboxylic acids is 1. The molecule has 0 heterocycles. The number of hydrogen-bond donors (Lipinski definition) is 0. The van der Waals surface area contributed by atoms with Gasteiger partial charge in [-0.2, -0.15) is 0 Å². The van der Waals surface area contributed by atoms with Crippen molar-refractivity contribution in [1.82, 2.24) is 0 Å². The second-order valence-corrected chi connectivity index (χ2v) is 3.44. The van der Waals surface area contributed by atoms with E-state index >= 15 is 0 Å². The topological polar surface area (TPSA) is 26.3 Å². The van der Waals surface area contributed by atoms with Crippen LogP contribution in [0.3, 0.4) is 0 Å². The number of benzene rings is 1. The van der Waals surface area contributed by atoms with Crippen molar-refractivity contribution in [1.29, 1.82) is 0 Å². The summed E-state index contributed by atoms with van der Waals surface area (Å²) in [7, 11) is 0. The molecule has 1 atom stereocenters. The smallest absolute Gasteiger partial charge is 0.195 e. The molecule has 1 rings (SSSR count). The van der Waals surface area contributed by atoms with Gasteiger partial charge in [0, 0.05) is 6.61 Å². The summed E-state index contributed by atoms with van der Waals surface area (Å²) in [5.74, 6) is -5.09. The highest BCUT2D eigenvalue weighted by Crippen LogP contribution is 2.18. The Kier molecular flexibility index (Phi) is 4.69. The van der Waals surface area contributed by atoms with Crippen LogP contribution in [0.2, 0.25) is 0 Å². The van der Waals surface area contributed by atoms with Crippen molar-refractivity contribution in [2.24, 2.45) is 0 Å². The van der Waals surface area contributed by atoms with Crippen LogP contribution in [0.25, 0.3) is 0 Å². The molecule has 0 N–H and O–H groups in total. The van der Waals surface area contributed by atoms with Crippen molar-refractivity contribution in [3.8, 4) is 0 Å². The average molecular weight is 246 g/mol. The number of ether oxygens (including phenoxy) is 1. The Hall–Kier alpha value is -1.36. The van der Waals surface area contributed by atoms with Crippen molar-refractivity contribution in [2.45, 2.75) is 26.4 Å². The fraction of sp³-hybridized carbons (Fsp3) is 0.417. The first kappa shape index (κ1) is 13.7. The zero-order valence-electron chi connectivity index (χ0n) is 9.60. The Bertz CT molecular complexity index is 418. The third-order valence-corrected chi connectivity index (χ3v) is 2.33. The average Bonchev–Trinajstić information content (AvgIpc) is 2.32. The van der Waals surface area contributed by atoms with Gasteiger partial charge in [-0.05, 0) is 25.5 Å². The molecular formula is C12H13F3O2. The lowest BCUT2D eigenvalue weighted by Crippen LogP contribution is -2.25. The van der Waals surface area contributed by atoms with Gasteiger partial charge in [0.2, 0.25) is 0 Å². The van der Waals surface area contributed by atoms with Crippen LogP contribution in [-0.4, -0.2) is 18.5 Å². The minimum absolute atomic E-state index is 0.287. The summed E-state index contributed by atoms with van der Waals surface area (Å²) < 4.78 is 44.1. The highest BCUT2D eigenvalue weighted by atomic mass is 19.2. The third-order valence-electron chi connectivity index (χ3n) is 2.33. The molecule has 1 aromatic rings. The normalized spacial score (nSPS) is 12.5. The second kappa shape index (κ2) is 5.82. The molecule has 0 aromatic heterocycles. The van der Waals surface area contributed by atoms with Gasteiger partial charge in [0.05, 0.1) is 5.56 Å². The van der Waals surface area contributed by atoms with Crippen molar-refractivity contribution in [3.05, 3.63) is 35.1 Å². The number of carbonyl (C=O) groups is 1. The fourth-order valence-corrected chi connectivity index (χ4v) is 1.47. The van der Waals surface area contributed by atoms with E-state index in [2.05, 4.69) is 0 Å². The standard InChI is InChI=1S/C12H13F3O2/c1-3-9(17-4-2)12(16)7-5-6-8(13)11(15)10(7)14/h5-6,9H,3-4H2,1-2H3. The Morgan fingerprint density at radius 3 is 2.41 bits per heavy atom. The summed E-state index contributed by atoms with van der Waals surface area (Å²) in [5, 5.41) is 0. The molecule has 1 unspecified atom stereocenters. The number of halogens is 3. The number of rotatable bonds is 5. The molecule has 0 aliphatic rings. The fourth-order valence-electron chi connectivity index (χ4n) is 1.47. The van der Waals surface area contributed by atoms with Gasteiger partial charge in [0.15, 0.2) is 23.2 Å². The predicted octanol–water partition coefficient (Wildman–Crippen LogP) is 3.10. The Balaban J connectivity index is 3.08. The lowest BCUT2D eigenvalue weighted by atomic mass is 10.0. The SMILES string of the molecule is CCOC(CC)C(=O)c1ccc(F)c(F)c1F. The van der Waals surface area contributed by atoms with E-state index in [0.717, 1.165) is 12.1 Å². The zero-order valence-corrected chi connectivity index (χ0v) is 9.60. The monoisotopic (exact) mass is 246 g/mol. The van der Waals surface area contributed by atoms with Gasteiger partial charge < -0.3 is 4.74 Å². The largest absolute Gasteiger partial charge is 0.370 e. The van der Waals surface area contributed by atoms with Crippen LogP contribution in [0, 0.1) is 17.5 Å². The Labute approximate surface area is 97.4 Å². The molecule has 94 valence electrons. The van der Waals surface area contributed by atoms with E-state index in [4.69, 9.17) is 4.74 Å². The Morgan fingerprint density at radius 1 is 1.24 bits per heavy atom. The summed E-state index contributed by atoms with van der Waals surface area (Å²) in [5.41, 5.74) is -0.482. The zero-order chi connectivity index (χ0) is 13.0. The van der Waals surface area contributed by atoms with Crippen LogP contribution < -0.4 is 0 Å². The van der Waals surface area contributed by atoms with Gasteiger partial charge in [0.25, 0.3) is 0 Å². The molecule has 0 spiro atoms. The van der Waals surface area contributed by atoms with Gasteiger partial charge in [-0.3, -0.25) is 4.79 Å². The lowest BCUT2D eigenvalue weighted by molar-refractivity contribution is 0.0439. The highest BCUT2D eigenvalue weighted by molar-refractivity contribution is 5.99. The van der Waals surface area contributed by atoms with Crippen LogP contribution in [0.4, 0.5) is 13.2 Å². The summed E-state index contributed by atoms with van der Waals surface area (Å²) >= 11 is 0. The first-order valence-corrected chi connectivity index (χ1v) is 5.32. The minimum Gasteiger partial charge on any atom is -0.370 e. The van der Waals surface area contributed by atoms with E-state index in [9.17, 15) is 18.0 Å². The first-order valence-electron chi connectivity index (χ1n) is 5.32. The molecule has 5 heteroatoms. The molecule has 0 radical (unpaired) electrons. The van der Waals surface area contributed by atoms with E-state index in [-0.39, 0.29) is 6.61 Å². The number of ketones is 1. The molecule has 0 amide bonds. The van der Waals surface area contributed by atoms with Crippen LogP contribution in [0.5, 0.6) is 0 Å². The molecule has 0 aliphatic heterocycles. The molecule has 17 heavy (non-hydrogen) atoms. The summed E-state index contributed by atoms with van der Waals surface area (Å²) in [4.78, 5) is 11.8. The lowest BCUT2D eigenvalue weighted by Gasteiger charge is -2.14. The van der Waals surface area contributed by atoms with Crippen molar-refractivity contribution in [3.63, 3.8) is 0 Å². The van der Waals surface area contributed by atoms with Crippen molar-refractivity contribution < 1.29 is 22.7 Å². The number of hydrogen-bond acceptors (Lipinski definition) is 2. The van der Waals surface area contributed by atoms with Crippen LogP contribution in [-0.2, 0) is 4.74 Å².